The zero-order valence-corrected chi connectivity index (χ0v) is 17.3. The molecule has 0 radical (unpaired) electrons. The van der Waals surface area contributed by atoms with Gasteiger partial charge in [-0.15, -0.1) is 0 Å². The van der Waals surface area contributed by atoms with Gasteiger partial charge in [0.05, 0.1) is 10.6 Å². The van der Waals surface area contributed by atoms with Crippen LogP contribution >= 0.6 is 0 Å². The van der Waals surface area contributed by atoms with E-state index in [-0.39, 0.29) is 16.8 Å². The van der Waals surface area contributed by atoms with Crippen molar-refractivity contribution in [1.82, 2.24) is 5.32 Å². The number of benzene rings is 2. The average Bonchev–Trinajstić information content (AvgIpc) is 2.71. The summed E-state index contributed by atoms with van der Waals surface area (Å²) in [4.78, 5) is 12.8. The molecular formula is C22H28N2O3S. The molecule has 0 heterocycles. The van der Waals surface area contributed by atoms with E-state index in [2.05, 4.69) is 12.2 Å². The Morgan fingerprint density at radius 1 is 1.04 bits per heavy atom. The third-order valence-corrected chi connectivity index (χ3v) is 7.27. The predicted octanol–water partition coefficient (Wildman–Crippen LogP) is 4.21. The van der Waals surface area contributed by atoms with Gasteiger partial charge in [0.25, 0.3) is 15.9 Å². The third kappa shape index (κ3) is 4.55. The fraction of sp³-hybridized carbons (Fsp3) is 0.409. The van der Waals surface area contributed by atoms with Gasteiger partial charge in [0, 0.05) is 18.2 Å². The molecule has 3 rings (SSSR count). The van der Waals surface area contributed by atoms with Gasteiger partial charge in [0.2, 0.25) is 0 Å². The Morgan fingerprint density at radius 2 is 1.71 bits per heavy atom. The Kier molecular flexibility index (Phi) is 6.39. The van der Waals surface area contributed by atoms with Crippen LogP contribution in [-0.2, 0) is 10.0 Å². The molecule has 1 amide bonds. The Labute approximate surface area is 167 Å². The Hall–Kier alpha value is -2.34. The molecule has 1 aliphatic rings. The molecule has 2 aromatic rings. The zero-order valence-electron chi connectivity index (χ0n) is 16.5. The summed E-state index contributed by atoms with van der Waals surface area (Å²) >= 11 is 0. The van der Waals surface area contributed by atoms with Gasteiger partial charge in [-0.05, 0) is 68.9 Å². The van der Waals surface area contributed by atoms with Crippen molar-refractivity contribution in [3.63, 3.8) is 0 Å². The molecule has 0 spiro atoms. The highest BCUT2D eigenvalue weighted by Crippen LogP contribution is 2.25. The first-order valence-electron chi connectivity index (χ1n) is 9.90. The van der Waals surface area contributed by atoms with Gasteiger partial charge >= 0.3 is 0 Å². The summed E-state index contributed by atoms with van der Waals surface area (Å²) in [5.41, 5.74) is 0.986. The predicted molar refractivity (Wildman–Crippen MR) is 112 cm³/mol. The first kappa shape index (κ1) is 20.4. The van der Waals surface area contributed by atoms with Crippen LogP contribution in [0.4, 0.5) is 5.69 Å². The fourth-order valence-corrected chi connectivity index (χ4v) is 5.20. The summed E-state index contributed by atoms with van der Waals surface area (Å²) in [5.74, 6) is 0.499. The largest absolute Gasteiger partial charge is 0.349 e. The minimum atomic E-state index is -3.75. The highest BCUT2D eigenvalue weighted by Gasteiger charge is 2.25. The van der Waals surface area contributed by atoms with Crippen molar-refractivity contribution in [2.75, 3.05) is 10.8 Å². The molecule has 1 saturated carbocycles. The molecule has 0 unspecified atom stereocenters. The molecule has 150 valence electrons. The van der Waals surface area contributed by atoms with E-state index in [4.69, 9.17) is 0 Å². The lowest BCUT2D eigenvalue weighted by atomic mass is 9.87. The highest BCUT2D eigenvalue weighted by molar-refractivity contribution is 7.92. The monoisotopic (exact) mass is 400 g/mol. The molecule has 28 heavy (non-hydrogen) atoms. The molecule has 0 saturated heterocycles. The second-order valence-electron chi connectivity index (χ2n) is 7.46. The van der Waals surface area contributed by atoms with Crippen molar-refractivity contribution in [1.29, 1.82) is 0 Å². The van der Waals surface area contributed by atoms with Crippen LogP contribution < -0.4 is 9.62 Å². The SMILES string of the molecule is CCN(c1ccccc1)S(=O)(=O)c1cccc(C(=O)NC2CCC(C)CC2)c1. The molecule has 5 nitrogen and oxygen atoms in total. The van der Waals surface area contributed by atoms with Gasteiger partial charge in [-0.2, -0.15) is 0 Å². The number of hydrogen-bond acceptors (Lipinski definition) is 3. The topological polar surface area (TPSA) is 66.5 Å². The van der Waals surface area contributed by atoms with Crippen LogP contribution in [0.25, 0.3) is 0 Å². The molecule has 6 heteroatoms. The molecule has 2 aromatic carbocycles. The van der Waals surface area contributed by atoms with Gasteiger partial charge < -0.3 is 5.32 Å². The fourth-order valence-electron chi connectivity index (χ4n) is 3.68. The summed E-state index contributed by atoms with van der Waals surface area (Å²) in [6, 6.07) is 15.5. The van der Waals surface area contributed by atoms with Crippen molar-refractivity contribution >= 4 is 21.6 Å². The van der Waals surface area contributed by atoms with Gasteiger partial charge in [-0.1, -0.05) is 31.2 Å². The van der Waals surface area contributed by atoms with Gasteiger partial charge in [0.15, 0.2) is 0 Å². The third-order valence-electron chi connectivity index (χ3n) is 5.37. The lowest BCUT2D eigenvalue weighted by Gasteiger charge is -2.27. The van der Waals surface area contributed by atoms with Crippen molar-refractivity contribution < 1.29 is 13.2 Å². The maximum absolute atomic E-state index is 13.2. The molecule has 0 atom stereocenters. The molecule has 0 aromatic heterocycles. The molecule has 0 aliphatic heterocycles. The quantitative estimate of drug-likeness (QED) is 0.790. The number of rotatable bonds is 6. The van der Waals surface area contributed by atoms with Crippen molar-refractivity contribution in [3.8, 4) is 0 Å². The van der Waals surface area contributed by atoms with Crippen molar-refractivity contribution in [2.24, 2.45) is 5.92 Å². The average molecular weight is 401 g/mol. The Bertz CT molecular complexity index is 904. The lowest BCUT2D eigenvalue weighted by molar-refractivity contribution is 0.0923. The van der Waals surface area contributed by atoms with Gasteiger partial charge in [0.1, 0.15) is 0 Å². The van der Waals surface area contributed by atoms with E-state index >= 15 is 0 Å². The standard InChI is InChI=1S/C22H28N2O3S/c1-3-24(20-9-5-4-6-10-20)28(26,27)21-11-7-8-18(16-21)22(25)23-19-14-12-17(2)13-15-19/h4-11,16-17,19H,3,12-15H2,1-2H3,(H,23,25). The first-order valence-corrected chi connectivity index (χ1v) is 11.3. The number of nitrogens with one attached hydrogen (secondary N) is 1. The first-order chi connectivity index (χ1) is 13.4. The van der Waals surface area contributed by atoms with E-state index in [9.17, 15) is 13.2 Å². The smallest absolute Gasteiger partial charge is 0.264 e. The van der Waals surface area contributed by atoms with Crippen LogP contribution in [0.2, 0.25) is 0 Å². The maximum Gasteiger partial charge on any atom is 0.264 e. The van der Waals surface area contributed by atoms with Crippen LogP contribution in [0.1, 0.15) is 49.9 Å². The summed E-state index contributed by atoms with van der Waals surface area (Å²) in [6.07, 6.45) is 4.18. The summed E-state index contributed by atoms with van der Waals surface area (Å²) in [5, 5.41) is 3.06. The Balaban J connectivity index is 1.80. The minimum Gasteiger partial charge on any atom is -0.349 e. The number of carbonyl (C=O) groups excluding carboxylic acids is 1. The number of sulfonamides is 1. The van der Waals surface area contributed by atoms with Gasteiger partial charge in [-0.3, -0.25) is 9.10 Å². The molecule has 0 bridgehead atoms. The molecule has 1 N–H and O–H groups in total. The second-order valence-corrected chi connectivity index (χ2v) is 9.33. The number of hydrogen-bond donors (Lipinski definition) is 1. The van der Waals surface area contributed by atoms with Crippen molar-refractivity contribution in [3.05, 3.63) is 60.2 Å². The number of para-hydroxylation sites is 1. The molecule has 1 aliphatic carbocycles. The number of amides is 1. The molecular weight excluding hydrogens is 372 g/mol. The van der Waals surface area contributed by atoms with Crippen LogP contribution in [-0.4, -0.2) is 26.9 Å². The maximum atomic E-state index is 13.2. The van der Waals surface area contributed by atoms with Crippen LogP contribution in [0.15, 0.2) is 59.5 Å². The van der Waals surface area contributed by atoms with Crippen LogP contribution in [0.3, 0.4) is 0 Å². The normalized spacial score (nSPS) is 19.8. The number of anilines is 1. The van der Waals surface area contributed by atoms with Crippen LogP contribution in [0, 0.1) is 5.92 Å². The minimum absolute atomic E-state index is 0.128. The second kappa shape index (κ2) is 8.78. The van der Waals surface area contributed by atoms with E-state index in [1.54, 1.807) is 37.3 Å². The number of nitrogens with zero attached hydrogens (tertiary/aromatic N) is 1. The van der Waals surface area contributed by atoms with Crippen molar-refractivity contribution in [2.45, 2.75) is 50.5 Å². The summed E-state index contributed by atoms with van der Waals surface area (Å²) in [6.45, 7) is 4.34. The van der Waals surface area contributed by atoms with E-state index in [0.717, 1.165) is 25.7 Å². The Morgan fingerprint density at radius 3 is 2.36 bits per heavy atom. The van der Waals surface area contributed by atoms with E-state index in [1.165, 1.54) is 10.4 Å². The summed E-state index contributed by atoms with van der Waals surface area (Å²) in [7, 11) is -3.75. The van der Waals surface area contributed by atoms with E-state index in [0.29, 0.717) is 23.7 Å². The molecule has 1 fully saturated rings. The lowest BCUT2D eigenvalue weighted by Crippen LogP contribution is -2.37. The zero-order chi connectivity index (χ0) is 20.1. The highest BCUT2D eigenvalue weighted by atomic mass is 32.2. The van der Waals surface area contributed by atoms with Gasteiger partial charge in [-0.25, -0.2) is 8.42 Å². The summed E-state index contributed by atoms with van der Waals surface area (Å²) < 4.78 is 27.7. The van der Waals surface area contributed by atoms with Crippen LogP contribution in [0.5, 0.6) is 0 Å². The van der Waals surface area contributed by atoms with E-state index in [1.807, 2.05) is 18.2 Å². The number of carbonyl (C=O) groups is 1. The van der Waals surface area contributed by atoms with E-state index < -0.39 is 10.0 Å².